The lowest BCUT2D eigenvalue weighted by Gasteiger charge is -2.35. The summed E-state index contributed by atoms with van der Waals surface area (Å²) in [5, 5.41) is 0. The second-order valence-electron chi connectivity index (χ2n) is 9.32. The maximum atomic E-state index is 2.56. The molecule has 1 saturated carbocycles. The Labute approximate surface area is 135 Å². The minimum absolute atomic E-state index is 0.816. The van der Waals surface area contributed by atoms with E-state index < -0.39 is 0 Å². The van der Waals surface area contributed by atoms with Gasteiger partial charge in [-0.25, -0.2) is 0 Å². The maximum Gasteiger partial charge on any atom is -0.0357 e. The lowest BCUT2D eigenvalue weighted by molar-refractivity contribution is 0.139. The molecule has 1 rings (SSSR count). The van der Waals surface area contributed by atoms with Gasteiger partial charge in [-0.15, -0.1) is 0 Å². The van der Waals surface area contributed by atoms with Gasteiger partial charge in [-0.1, -0.05) is 62.3 Å². The van der Waals surface area contributed by atoms with E-state index in [0.717, 1.165) is 53.3 Å². The highest BCUT2D eigenvalue weighted by Gasteiger charge is 2.42. The van der Waals surface area contributed by atoms with E-state index in [-0.39, 0.29) is 0 Å². The van der Waals surface area contributed by atoms with Crippen molar-refractivity contribution in [3.63, 3.8) is 0 Å². The van der Waals surface area contributed by atoms with Gasteiger partial charge in [0.15, 0.2) is 0 Å². The zero-order valence-corrected chi connectivity index (χ0v) is 16.3. The summed E-state index contributed by atoms with van der Waals surface area (Å²) >= 11 is 0. The van der Waals surface area contributed by atoms with Crippen LogP contribution in [0.3, 0.4) is 0 Å². The minimum atomic E-state index is 0.816. The summed E-state index contributed by atoms with van der Waals surface area (Å²) in [6.07, 6.45) is 4.33. The molecule has 21 heavy (non-hydrogen) atoms. The van der Waals surface area contributed by atoms with Crippen LogP contribution < -0.4 is 0 Å². The standard InChI is InChI=1S/C21H42/c1-13(2)10-16(6)20(19(9)21-12-17(21)7)11-15(5)18(8)14(3)4/h13-21H,10-12H2,1-9H3. The molecule has 1 aliphatic carbocycles. The van der Waals surface area contributed by atoms with Gasteiger partial charge in [0.05, 0.1) is 0 Å². The topological polar surface area (TPSA) is 0 Å². The molecule has 0 aromatic rings. The first-order chi connectivity index (χ1) is 9.65. The average Bonchev–Trinajstić information content (AvgIpc) is 3.09. The van der Waals surface area contributed by atoms with E-state index in [1.807, 2.05) is 0 Å². The van der Waals surface area contributed by atoms with Gasteiger partial charge in [0.2, 0.25) is 0 Å². The van der Waals surface area contributed by atoms with Crippen molar-refractivity contribution < 1.29 is 0 Å². The highest BCUT2D eigenvalue weighted by Crippen LogP contribution is 2.50. The van der Waals surface area contributed by atoms with E-state index >= 15 is 0 Å². The highest BCUT2D eigenvalue weighted by molar-refractivity contribution is 4.91. The molecule has 0 radical (unpaired) electrons. The Morgan fingerprint density at radius 1 is 0.810 bits per heavy atom. The van der Waals surface area contributed by atoms with Gasteiger partial charge in [-0.3, -0.25) is 0 Å². The lowest BCUT2D eigenvalue weighted by atomic mass is 9.70. The van der Waals surface area contributed by atoms with Crippen LogP contribution >= 0.6 is 0 Å². The quantitative estimate of drug-likeness (QED) is 0.434. The zero-order chi connectivity index (χ0) is 16.3. The van der Waals surface area contributed by atoms with Gasteiger partial charge >= 0.3 is 0 Å². The molecular weight excluding hydrogens is 252 g/mol. The smallest absolute Gasteiger partial charge is 0.0357 e. The van der Waals surface area contributed by atoms with E-state index in [2.05, 4.69) is 62.3 Å². The Balaban J connectivity index is 2.71. The molecule has 0 saturated heterocycles. The first-order valence-corrected chi connectivity index (χ1v) is 9.65. The third kappa shape index (κ3) is 5.61. The van der Waals surface area contributed by atoms with Crippen LogP contribution in [0, 0.1) is 53.3 Å². The summed E-state index contributed by atoms with van der Waals surface area (Å²) in [5.74, 6) is 8.12. The van der Waals surface area contributed by atoms with Crippen LogP contribution in [0.15, 0.2) is 0 Å². The third-order valence-corrected chi connectivity index (χ3v) is 6.69. The summed E-state index contributed by atoms with van der Waals surface area (Å²) in [6.45, 7) is 22.1. The SMILES string of the molecule is CC(C)CC(C)C(CC(C)C(C)C(C)C)C(C)C1CC1C. The number of hydrogen-bond donors (Lipinski definition) is 0. The van der Waals surface area contributed by atoms with Crippen molar-refractivity contribution in [2.75, 3.05) is 0 Å². The van der Waals surface area contributed by atoms with Crippen LogP contribution in [-0.2, 0) is 0 Å². The van der Waals surface area contributed by atoms with Gasteiger partial charge in [0.25, 0.3) is 0 Å². The predicted molar refractivity (Wildman–Crippen MR) is 96.3 cm³/mol. The van der Waals surface area contributed by atoms with E-state index in [9.17, 15) is 0 Å². The molecule has 126 valence electrons. The van der Waals surface area contributed by atoms with E-state index in [4.69, 9.17) is 0 Å². The van der Waals surface area contributed by atoms with Crippen molar-refractivity contribution in [2.24, 2.45) is 53.3 Å². The summed E-state index contributed by atoms with van der Waals surface area (Å²) < 4.78 is 0. The molecule has 0 aromatic carbocycles. The second-order valence-corrected chi connectivity index (χ2v) is 9.32. The molecule has 7 unspecified atom stereocenters. The lowest BCUT2D eigenvalue weighted by Crippen LogP contribution is -2.28. The highest BCUT2D eigenvalue weighted by atomic mass is 14.5. The summed E-state index contributed by atoms with van der Waals surface area (Å²) in [7, 11) is 0. The Morgan fingerprint density at radius 2 is 1.33 bits per heavy atom. The molecule has 7 atom stereocenters. The molecule has 1 aliphatic rings. The first kappa shape index (κ1) is 19.0. The minimum Gasteiger partial charge on any atom is -0.0628 e. The normalized spacial score (nSPS) is 29.3. The average molecular weight is 295 g/mol. The molecule has 0 N–H and O–H groups in total. The maximum absolute atomic E-state index is 2.56. The summed E-state index contributed by atoms with van der Waals surface area (Å²) in [6, 6.07) is 0. The molecule has 0 bridgehead atoms. The second kappa shape index (κ2) is 8.02. The summed E-state index contributed by atoms with van der Waals surface area (Å²) in [4.78, 5) is 0. The predicted octanol–water partition coefficient (Wildman–Crippen LogP) is 6.90. The largest absolute Gasteiger partial charge is 0.0628 e. The molecule has 0 nitrogen and oxygen atoms in total. The van der Waals surface area contributed by atoms with Crippen molar-refractivity contribution in [1.82, 2.24) is 0 Å². The van der Waals surface area contributed by atoms with E-state index in [1.54, 1.807) is 0 Å². The van der Waals surface area contributed by atoms with Crippen LogP contribution in [0.5, 0.6) is 0 Å². The van der Waals surface area contributed by atoms with Crippen molar-refractivity contribution in [1.29, 1.82) is 0 Å². The molecule has 0 spiro atoms. The Hall–Kier alpha value is 0. The molecule has 1 fully saturated rings. The van der Waals surface area contributed by atoms with Crippen LogP contribution in [-0.4, -0.2) is 0 Å². The molecular formula is C21H42. The zero-order valence-electron chi connectivity index (χ0n) is 16.3. The monoisotopic (exact) mass is 294 g/mol. The van der Waals surface area contributed by atoms with Crippen LogP contribution in [0.2, 0.25) is 0 Å². The molecule has 0 amide bonds. The van der Waals surface area contributed by atoms with Gasteiger partial charge in [-0.2, -0.15) is 0 Å². The fourth-order valence-corrected chi connectivity index (χ4v) is 4.59. The van der Waals surface area contributed by atoms with Crippen LogP contribution in [0.1, 0.15) is 81.6 Å². The Bertz CT molecular complexity index is 290. The molecule has 0 heterocycles. The van der Waals surface area contributed by atoms with Crippen molar-refractivity contribution in [3.8, 4) is 0 Å². The van der Waals surface area contributed by atoms with Gasteiger partial charge < -0.3 is 0 Å². The van der Waals surface area contributed by atoms with Crippen LogP contribution in [0.25, 0.3) is 0 Å². The van der Waals surface area contributed by atoms with E-state index in [0.29, 0.717) is 0 Å². The summed E-state index contributed by atoms with van der Waals surface area (Å²) in [5.41, 5.74) is 0. The van der Waals surface area contributed by atoms with Crippen molar-refractivity contribution >= 4 is 0 Å². The van der Waals surface area contributed by atoms with Gasteiger partial charge in [-0.05, 0) is 72.5 Å². The molecule has 0 heteroatoms. The Kier molecular flexibility index (Phi) is 7.28. The first-order valence-electron chi connectivity index (χ1n) is 9.65. The van der Waals surface area contributed by atoms with Gasteiger partial charge in [0, 0.05) is 0 Å². The number of rotatable bonds is 9. The van der Waals surface area contributed by atoms with E-state index in [1.165, 1.54) is 19.3 Å². The number of hydrogen-bond acceptors (Lipinski definition) is 0. The van der Waals surface area contributed by atoms with Gasteiger partial charge in [0.1, 0.15) is 0 Å². The fraction of sp³-hybridized carbons (Fsp3) is 1.00. The van der Waals surface area contributed by atoms with Crippen LogP contribution in [0.4, 0.5) is 0 Å². The third-order valence-electron chi connectivity index (χ3n) is 6.69. The molecule has 0 aliphatic heterocycles. The molecule has 0 aromatic heterocycles. The van der Waals surface area contributed by atoms with Crippen molar-refractivity contribution in [2.45, 2.75) is 81.6 Å². The Morgan fingerprint density at radius 3 is 1.71 bits per heavy atom. The van der Waals surface area contributed by atoms with Crippen molar-refractivity contribution in [3.05, 3.63) is 0 Å². The fourth-order valence-electron chi connectivity index (χ4n) is 4.59.